The molecule has 0 radical (unpaired) electrons. The third kappa shape index (κ3) is 4.34. The van der Waals surface area contributed by atoms with Gasteiger partial charge in [0.25, 0.3) is 0 Å². The van der Waals surface area contributed by atoms with Gasteiger partial charge in [-0.25, -0.2) is 0 Å². The minimum atomic E-state index is 0.0985. The molecule has 2 heterocycles. The molecule has 28 heavy (non-hydrogen) atoms. The maximum atomic E-state index is 12.8. The number of hydrogen-bond donors (Lipinski definition) is 0. The first-order chi connectivity index (χ1) is 13.7. The molecule has 1 aliphatic heterocycles. The van der Waals surface area contributed by atoms with E-state index in [4.69, 9.17) is 4.42 Å². The summed E-state index contributed by atoms with van der Waals surface area (Å²) in [6, 6.07) is 18.7. The molecule has 4 rings (SSSR count). The van der Waals surface area contributed by atoms with Gasteiger partial charge >= 0.3 is 0 Å². The van der Waals surface area contributed by atoms with E-state index in [1.807, 2.05) is 24.3 Å². The Hall–Kier alpha value is -2.43. The van der Waals surface area contributed by atoms with Gasteiger partial charge in [-0.2, -0.15) is 0 Å². The summed E-state index contributed by atoms with van der Waals surface area (Å²) in [6.07, 6.45) is 5.10. The van der Waals surface area contributed by atoms with Gasteiger partial charge in [-0.05, 0) is 50.6 Å². The first kappa shape index (κ1) is 18.9. The average Bonchev–Trinajstić information content (AvgIpc) is 2.75. The Labute approximate surface area is 166 Å². The van der Waals surface area contributed by atoms with E-state index in [9.17, 15) is 4.79 Å². The number of piperidine rings is 1. The lowest BCUT2D eigenvalue weighted by atomic mass is 10.0. The van der Waals surface area contributed by atoms with Crippen molar-refractivity contribution in [3.8, 4) is 0 Å². The van der Waals surface area contributed by atoms with Crippen LogP contribution < -0.4 is 5.43 Å². The van der Waals surface area contributed by atoms with E-state index in [0.29, 0.717) is 23.6 Å². The maximum Gasteiger partial charge on any atom is 0.197 e. The number of likely N-dealkylation sites (N-methyl/N-ethyl adjacent to an activating group) is 1. The van der Waals surface area contributed by atoms with Crippen LogP contribution in [-0.2, 0) is 13.0 Å². The monoisotopic (exact) mass is 376 g/mol. The lowest BCUT2D eigenvalue weighted by Crippen LogP contribution is -2.47. The number of para-hydroxylation sites is 1. The standard InChI is InChI=1S/C24H28N2O2/c1-25(15-13-19-8-3-2-4-9-19)21-10-7-14-26(17-21)16-20-18-28-23-12-6-5-11-22(23)24(20)27/h2-6,8-9,11-12,18,21H,7,10,13-17H2,1H3. The van der Waals surface area contributed by atoms with Crippen LogP contribution in [-0.4, -0.2) is 42.5 Å². The fraction of sp³-hybridized carbons (Fsp3) is 0.375. The molecule has 1 unspecified atom stereocenters. The number of fused-ring (bicyclic) bond motifs is 1. The van der Waals surface area contributed by atoms with Gasteiger partial charge in [-0.1, -0.05) is 42.5 Å². The molecule has 4 nitrogen and oxygen atoms in total. The van der Waals surface area contributed by atoms with Crippen LogP contribution in [0.5, 0.6) is 0 Å². The normalized spacial score (nSPS) is 18.0. The first-order valence-corrected chi connectivity index (χ1v) is 10.2. The van der Waals surface area contributed by atoms with E-state index < -0.39 is 0 Å². The molecule has 1 aliphatic rings. The Bertz CT molecular complexity index is 967. The Morgan fingerprint density at radius 3 is 2.75 bits per heavy atom. The molecule has 3 aromatic rings. The SMILES string of the molecule is CN(CCc1ccccc1)C1CCCN(Cc2coc3ccccc3c2=O)C1. The molecule has 1 saturated heterocycles. The van der Waals surface area contributed by atoms with Crippen LogP contribution in [0.15, 0.2) is 70.1 Å². The minimum absolute atomic E-state index is 0.0985. The molecule has 1 aromatic heterocycles. The third-order valence-corrected chi connectivity index (χ3v) is 5.85. The van der Waals surface area contributed by atoms with Crippen molar-refractivity contribution in [1.29, 1.82) is 0 Å². The van der Waals surface area contributed by atoms with Crippen molar-refractivity contribution < 1.29 is 4.42 Å². The molecule has 1 fully saturated rings. The second kappa shape index (κ2) is 8.72. The van der Waals surface area contributed by atoms with Gasteiger partial charge in [-0.15, -0.1) is 0 Å². The average molecular weight is 377 g/mol. The Kier molecular flexibility index (Phi) is 5.89. The molecule has 0 spiro atoms. The van der Waals surface area contributed by atoms with E-state index >= 15 is 0 Å². The number of rotatable bonds is 6. The molecular formula is C24H28N2O2. The summed E-state index contributed by atoms with van der Waals surface area (Å²) in [5, 5.41) is 0.675. The van der Waals surface area contributed by atoms with Crippen LogP contribution in [0.4, 0.5) is 0 Å². The summed E-state index contributed by atoms with van der Waals surface area (Å²) in [6.45, 7) is 3.75. The highest BCUT2D eigenvalue weighted by Gasteiger charge is 2.24. The number of benzene rings is 2. The Morgan fingerprint density at radius 2 is 1.89 bits per heavy atom. The Morgan fingerprint density at radius 1 is 1.11 bits per heavy atom. The minimum Gasteiger partial charge on any atom is -0.464 e. The fourth-order valence-electron chi connectivity index (χ4n) is 4.14. The molecule has 0 N–H and O–H groups in total. The van der Waals surface area contributed by atoms with Gasteiger partial charge < -0.3 is 9.32 Å². The van der Waals surface area contributed by atoms with Crippen molar-refractivity contribution in [2.24, 2.45) is 0 Å². The van der Waals surface area contributed by atoms with Crippen LogP contribution in [0.25, 0.3) is 11.0 Å². The van der Waals surface area contributed by atoms with Gasteiger partial charge in [0.15, 0.2) is 5.43 Å². The van der Waals surface area contributed by atoms with E-state index in [1.54, 1.807) is 6.26 Å². The van der Waals surface area contributed by atoms with Crippen molar-refractivity contribution in [2.45, 2.75) is 31.8 Å². The molecule has 0 aliphatic carbocycles. The van der Waals surface area contributed by atoms with Gasteiger partial charge in [-0.3, -0.25) is 9.69 Å². The lowest BCUT2D eigenvalue weighted by Gasteiger charge is -2.37. The number of nitrogens with zero attached hydrogens (tertiary/aromatic N) is 2. The van der Waals surface area contributed by atoms with Gasteiger partial charge in [0.05, 0.1) is 11.6 Å². The number of hydrogen-bond acceptors (Lipinski definition) is 4. The molecular weight excluding hydrogens is 348 g/mol. The zero-order valence-electron chi connectivity index (χ0n) is 16.5. The highest BCUT2D eigenvalue weighted by atomic mass is 16.3. The van der Waals surface area contributed by atoms with E-state index in [0.717, 1.165) is 31.6 Å². The summed E-state index contributed by atoms with van der Waals surface area (Å²) in [5.41, 5.74) is 2.90. The second-order valence-electron chi connectivity index (χ2n) is 7.83. The van der Waals surface area contributed by atoms with Crippen LogP contribution >= 0.6 is 0 Å². The van der Waals surface area contributed by atoms with E-state index in [1.165, 1.54) is 18.4 Å². The van der Waals surface area contributed by atoms with E-state index in [-0.39, 0.29) is 5.43 Å². The topological polar surface area (TPSA) is 36.7 Å². The third-order valence-electron chi connectivity index (χ3n) is 5.85. The van der Waals surface area contributed by atoms with Gasteiger partial charge in [0.2, 0.25) is 0 Å². The van der Waals surface area contributed by atoms with E-state index in [2.05, 4.69) is 47.2 Å². The molecule has 4 heteroatoms. The largest absolute Gasteiger partial charge is 0.464 e. The quantitative estimate of drug-likeness (QED) is 0.653. The van der Waals surface area contributed by atoms with Gasteiger partial charge in [0, 0.05) is 31.2 Å². The zero-order chi connectivity index (χ0) is 19.3. The Balaban J connectivity index is 1.38. The zero-order valence-corrected chi connectivity index (χ0v) is 16.5. The summed E-state index contributed by atoms with van der Waals surface area (Å²) >= 11 is 0. The molecule has 0 saturated carbocycles. The highest BCUT2D eigenvalue weighted by molar-refractivity contribution is 5.76. The smallest absolute Gasteiger partial charge is 0.197 e. The predicted molar refractivity (Wildman–Crippen MR) is 114 cm³/mol. The van der Waals surface area contributed by atoms with Gasteiger partial charge in [0.1, 0.15) is 5.58 Å². The molecule has 0 bridgehead atoms. The predicted octanol–water partition coefficient (Wildman–Crippen LogP) is 3.93. The summed E-state index contributed by atoms with van der Waals surface area (Å²) in [4.78, 5) is 17.7. The first-order valence-electron chi connectivity index (χ1n) is 10.2. The molecule has 146 valence electrons. The summed E-state index contributed by atoms with van der Waals surface area (Å²) < 4.78 is 5.69. The van der Waals surface area contributed by atoms with Crippen LogP contribution in [0, 0.1) is 0 Å². The van der Waals surface area contributed by atoms with Crippen molar-refractivity contribution in [1.82, 2.24) is 9.80 Å². The van der Waals surface area contributed by atoms with Crippen LogP contribution in [0.2, 0.25) is 0 Å². The van der Waals surface area contributed by atoms with Crippen molar-refractivity contribution >= 4 is 11.0 Å². The lowest BCUT2D eigenvalue weighted by molar-refractivity contribution is 0.112. The van der Waals surface area contributed by atoms with Crippen LogP contribution in [0.3, 0.4) is 0 Å². The molecule has 0 amide bonds. The number of likely N-dealkylation sites (tertiary alicyclic amines) is 1. The molecule has 1 atom stereocenters. The molecule has 2 aromatic carbocycles. The maximum absolute atomic E-state index is 12.8. The summed E-state index contributed by atoms with van der Waals surface area (Å²) in [7, 11) is 2.22. The fourth-order valence-corrected chi connectivity index (χ4v) is 4.14. The highest BCUT2D eigenvalue weighted by Crippen LogP contribution is 2.18. The van der Waals surface area contributed by atoms with Crippen molar-refractivity contribution in [3.63, 3.8) is 0 Å². The summed E-state index contributed by atoms with van der Waals surface area (Å²) in [5.74, 6) is 0. The van der Waals surface area contributed by atoms with Crippen molar-refractivity contribution in [2.75, 3.05) is 26.7 Å². The second-order valence-corrected chi connectivity index (χ2v) is 7.83. The van der Waals surface area contributed by atoms with Crippen molar-refractivity contribution in [3.05, 3.63) is 82.2 Å². The van der Waals surface area contributed by atoms with Crippen LogP contribution in [0.1, 0.15) is 24.0 Å².